The minimum Gasteiger partial charge on any atom is -0.394 e. The minimum absolute atomic E-state index is 0.0833. The molecule has 23 heavy (non-hydrogen) atoms. The monoisotopic (exact) mass is 330 g/mol. The van der Waals surface area contributed by atoms with Crippen LogP contribution in [0.15, 0.2) is 17.1 Å². The zero-order valence-corrected chi connectivity index (χ0v) is 12.8. The summed E-state index contributed by atoms with van der Waals surface area (Å²) in [5, 5.41) is 19.5. The third-order valence-corrected chi connectivity index (χ3v) is 3.36. The maximum Gasteiger partial charge on any atom is 0.351 e. The third kappa shape index (κ3) is 4.25. The molecule has 5 N–H and O–H groups in total. The number of nitrogens with zero attached hydrogens (tertiary/aromatic N) is 2. The lowest BCUT2D eigenvalue weighted by atomic mass is 10.1. The average molecular weight is 330 g/mol. The Morgan fingerprint density at radius 2 is 2.30 bits per heavy atom. The summed E-state index contributed by atoms with van der Waals surface area (Å²) in [5.74, 6) is 0.0833. The van der Waals surface area contributed by atoms with Crippen LogP contribution in [-0.4, -0.2) is 64.4 Å². The number of hydrogen-bond donors (Lipinski definition) is 4. The van der Waals surface area contributed by atoms with Crippen molar-refractivity contribution in [3.05, 3.63) is 22.7 Å². The molecule has 0 bridgehead atoms. The molecule has 0 unspecified atom stereocenters. The van der Waals surface area contributed by atoms with Crippen LogP contribution in [0.1, 0.15) is 13.2 Å². The second-order valence-electron chi connectivity index (χ2n) is 4.96. The van der Waals surface area contributed by atoms with Crippen LogP contribution in [-0.2, 0) is 14.3 Å². The van der Waals surface area contributed by atoms with Gasteiger partial charge >= 0.3 is 5.69 Å². The Morgan fingerprint density at radius 1 is 1.52 bits per heavy atom. The number of aliphatic hydroxyl groups is 2. The summed E-state index contributed by atoms with van der Waals surface area (Å²) in [7, 11) is 0. The number of nitrogens with two attached hydrogens (primary N) is 1. The molecule has 2 rings (SSSR count). The molecular formula is C13H22N4O6. The van der Waals surface area contributed by atoms with Crippen LogP contribution in [0.3, 0.4) is 0 Å². The van der Waals surface area contributed by atoms with E-state index in [0.29, 0.717) is 6.54 Å². The molecule has 0 radical (unpaired) electrons. The fourth-order valence-electron chi connectivity index (χ4n) is 2.29. The first kappa shape index (κ1) is 17.8. The highest BCUT2D eigenvalue weighted by molar-refractivity contribution is 5.23. The highest BCUT2D eigenvalue weighted by Gasteiger charge is 2.45. The van der Waals surface area contributed by atoms with Crippen LogP contribution in [0, 0.1) is 0 Å². The fourth-order valence-corrected chi connectivity index (χ4v) is 2.29. The molecule has 10 nitrogen and oxygen atoms in total. The van der Waals surface area contributed by atoms with Crippen LogP contribution >= 0.6 is 0 Å². The van der Waals surface area contributed by atoms with Crippen molar-refractivity contribution in [1.29, 1.82) is 0 Å². The summed E-state index contributed by atoms with van der Waals surface area (Å²) in [4.78, 5) is 20.6. The Kier molecular flexibility index (Phi) is 6.45. The molecule has 0 spiro atoms. The van der Waals surface area contributed by atoms with Gasteiger partial charge in [-0.3, -0.25) is 9.40 Å². The van der Waals surface area contributed by atoms with Crippen LogP contribution in [0.4, 0.5) is 5.82 Å². The fraction of sp³-hybridized carbons (Fsp3) is 0.692. The van der Waals surface area contributed by atoms with Gasteiger partial charge in [-0.25, -0.2) is 10.3 Å². The Labute approximate surface area is 132 Å². The molecule has 1 aliphatic heterocycles. The SMILES string of the molecule is CCNOCCO[C@@H]1[C@H](O)[C@@H](CO)O[C@H]1n1ccc(N)nc1=O. The molecule has 2 heterocycles. The molecule has 0 aromatic carbocycles. The quantitative estimate of drug-likeness (QED) is 0.314. The highest BCUT2D eigenvalue weighted by Crippen LogP contribution is 2.30. The molecule has 1 aromatic rings. The molecule has 1 saturated heterocycles. The third-order valence-electron chi connectivity index (χ3n) is 3.36. The average Bonchev–Trinajstić information content (AvgIpc) is 2.83. The van der Waals surface area contributed by atoms with Crippen LogP contribution in [0.25, 0.3) is 0 Å². The van der Waals surface area contributed by atoms with Crippen molar-refractivity contribution in [2.24, 2.45) is 0 Å². The molecular weight excluding hydrogens is 308 g/mol. The smallest absolute Gasteiger partial charge is 0.351 e. The molecule has 1 aromatic heterocycles. The first-order valence-corrected chi connectivity index (χ1v) is 7.33. The van der Waals surface area contributed by atoms with Crippen LogP contribution < -0.4 is 16.9 Å². The number of nitrogen functional groups attached to an aromatic ring is 1. The maximum atomic E-state index is 11.9. The zero-order chi connectivity index (χ0) is 16.8. The lowest BCUT2D eigenvalue weighted by Crippen LogP contribution is -2.39. The summed E-state index contributed by atoms with van der Waals surface area (Å²) in [6.07, 6.45) is -2.30. The summed E-state index contributed by atoms with van der Waals surface area (Å²) in [5.41, 5.74) is 7.50. The molecule has 0 amide bonds. The Bertz CT molecular complexity index is 554. The van der Waals surface area contributed by atoms with E-state index in [0.717, 1.165) is 0 Å². The predicted octanol–water partition coefficient (Wildman–Crippen LogP) is -2.00. The number of aromatic nitrogens is 2. The van der Waals surface area contributed by atoms with Crippen molar-refractivity contribution in [3.8, 4) is 0 Å². The molecule has 0 saturated carbocycles. The second-order valence-corrected chi connectivity index (χ2v) is 4.96. The summed E-state index contributed by atoms with van der Waals surface area (Å²) in [6.45, 7) is 2.56. The molecule has 1 fully saturated rings. The molecule has 10 heteroatoms. The van der Waals surface area contributed by atoms with Gasteiger partial charge in [0.05, 0.1) is 19.8 Å². The van der Waals surface area contributed by atoms with E-state index in [1.54, 1.807) is 0 Å². The van der Waals surface area contributed by atoms with Crippen molar-refractivity contribution in [2.75, 3.05) is 32.1 Å². The number of nitrogens with one attached hydrogen (secondary N) is 1. The van der Waals surface area contributed by atoms with Gasteiger partial charge < -0.3 is 25.4 Å². The summed E-state index contributed by atoms with van der Waals surface area (Å²) in [6, 6.07) is 1.44. The van der Waals surface area contributed by atoms with E-state index in [1.807, 2.05) is 6.92 Å². The van der Waals surface area contributed by atoms with E-state index < -0.39 is 36.8 Å². The number of anilines is 1. The van der Waals surface area contributed by atoms with Gasteiger partial charge in [-0.1, -0.05) is 6.92 Å². The van der Waals surface area contributed by atoms with Crippen molar-refractivity contribution in [3.63, 3.8) is 0 Å². The van der Waals surface area contributed by atoms with Gasteiger partial charge in [0.25, 0.3) is 0 Å². The Hall–Kier alpha value is -1.56. The number of hydroxylamine groups is 1. The first-order valence-electron chi connectivity index (χ1n) is 7.33. The van der Waals surface area contributed by atoms with E-state index in [4.69, 9.17) is 20.0 Å². The Morgan fingerprint density at radius 3 is 2.96 bits per heavy atom. The van der Waals surface area contributed by atoms with Gasteiger partial charge in [0.2, 0.25) is 0 Å². The topological polar surface area (TPSA) is 141 Å². The first-order chi connectivity index (χ1) is 11.1. The number of hydrogen-bond acceptors (Lipinski definition) is 9. The zero-order valence-electron chi connectivity index (χ0n) is 12.8. The van der Waals surface area contributed by atoms with E-state index in [-0.39, 0.29) is 19.0 Å². The lowest BCUT2D eigenvalue weighted by Gasteiger charge is -2.22. The van der Waals surface area contributed by atoms with Gasteiger partial charge in [-0.05, 0) is 6.07 Å². The number of aliphatic hydroxyl groups excluding tert-OH is 2. The molecule has 130 valence electrons. The number of ether oxygens (including phenoxy) is 2. The van der Waals surface area contributed by atoms with E-state index in [9.17, 15) is 15.0 Å². The van der Waals surface area contributed by atoms with Gasteiger partial charge in [0.1, 0.15) is 24.1 Å². The van der Waals surface area contributed by atoms with E-state index >= 15 is 0 Å². The molecule has 4 atom stereocenters. The van der Waals surface area contributed by atoms with Crippen molar-refractivity contribution >= 4 is 5.82 Å². The van der Waals surface area contributed by atoms with Crippen molar-refractivity contribution in [2.45, 2.75) is 31.5 Å². The lowest BCUT2D eigenvalue weighted by molar-refractivity contribution is -0.0919. The number of rotatable bonds is 8. The molecule has 0 aliphatic carbocycles. The largest absolute Gasteiger partial charge is 0.394 e. The van der Waals surface area contributed by atoms with Crippen molar-refractivity contribution < 1.29 is 24.5 Å². The van der Waals surface area contributed by atoms with Gasteiger partial charge in [-0.15, -0.1) is 0 Å². The van der Waals surface area contributed by atoms with Crippen LogP contribution in [0.5, 0.6) is 0 Å². The van der Waals surface area contributed by atoms with Gasteiger partial charge in [-0.2, -0.15) is 4.98 Å². The maximum absolute atomic E-state index is 11.9. The van der Waals surface area contributed by atoms with E-state index in [1.165, 1.54) is 16.8 Å². The summed E-state index contributed by atoms with van der Waals surface area (Å²) < 4.78 is 12.3. The summed E-state index contributed by atoms with van der Waals surface area (Å²) >= 11 is 0. The van der Waals surface area contributed by atoms with E-state index in [2.05, 4.69) is 10.5 Å². The second kappa shape index (κ2) is 8.34. The van der Waals surface area contributed by atoms with Gasteiger partial charge in [0, 0.05) is 12.7 Å². The minimum atomic E-state index is -1.09. The standard InChI is InChI=1S/C13H22N4O6/c1-2-15-22-6-5-21-11-10(19)8(7-18)23-12(11)17-4-3-9(14)16-13(17)20/h3-4,8,10-12,15,18-19H,2,5-7H2,1H3,(H2,14,16,20)/t8-,10-,11-,12-/m1/s1. The van der Waals surface area contributed by atoms with Gasteiger partial charge in [0.15, 0.2) is 6.23 Å². The van der Waals surface area contributed by atoms with Crippen molar-refractivity contribution in [1.82, 2.24) is 15.0 Å². The van der Waals surface area contributed by atoms with Crippen LogP contribution in [0.2, 0.25) is 0 Å². The molecule has 1 aliphatic rings. The predicted molar refractivity (Wildman–Crippen MR) is 79.3 cm³/mol. The Balaban J connectivity index is 2.09. The highest BCUT2D eigenvalue weighted by atomic mass is 16.7. The normalized spacial score (nSPS) is 27.4.